The molecule has 13 heavy (non-hydrogen) atoms. The Balaban J connectivity index is 2.50. The normalized spacial score (nSPS) is 10.2. The summed E-state index contributed by atoms with van der Waals surface area (Å²) in [6, 6.07) is 10.4. The molecule has 1 aromatic carbocycles. The first kappa shape index (κ1) is 9.54. The molecule has 66 valence electrons. The van der Waals surface area contributed by atoms with Gasteiger partial charge >= 0.3 is 0 Å². The van der Waals surface area contributed by atoms with E-state index in [1.54, 1.807) is 0 Å². The lowest BCUT2D eigenvalue weighted by Crippen LogP contribution is -1.73. The van der Waals surface area contributed by atoms with Gasteiger partial charge < -0.3 is 0 Å². The van der Waals surface area contributed by atoms with Gasteiger partial charge in [-0.15, -0.1) is 0 Å². The van der Waals surface area contributed by atoms with Crippen LogP contribution in [-0.2, 0) is 0 Å². The van der Waals surface area contributed by atoms with E-state index in [1.807, 2.05) is 6.08 Å². The summed E-state index contributed by atoms with van der Waals surface area (Å²) in [4.78, 5) is 0. The monoisotopic (exact) mass is 171 g/mol. The Kier molecular flexibility index (Phi) is 3.78. The number of aryl methyl sites for hydroxylation is 1. The lowest BCUT2D eigenvalue weighted by atomic mass is 10.1. The van der Waals surface area contributed by atoms with E-state index in [2.05, 4.69) is 43.3 Å². The number of benzene rings is 1. The minimum Gasteiger partial charge on any atom is -0.198 e. The lowest BCUT2D eigenvalue weighted by Gasteiger charge is -1.93. The minimum absolute atomic E-state index is 0.600. The van der Waals surface area contributed by atoms with Gasteiger partial charge in [0, 0.05) is 6.42 Å². The van der Waals surface area contributed by atoms with Crippen LogP contribution in [0.5, 0.6) is 0 Å². The van der Waals surface area contributed by atoms with Crippen LogP contribution >= 0.6 is 0 Å². The number of rotatable bonds is 3. The van der Waals surface area contributed by atoms with Gasteiger partial charge in [-0.25, -0.2) is 0 Å². The average molecular weight is 171 g/mol. The van der Waals surface area contributed by atoms with Crippen LogP contribution in [0.25, 0.3) is 6.08 Å². The molecule has 0 N–H and O–H groups in total. The SMILES string of the molecule is Cc1ccc(C=CCCC#N)cc1. The van der Waals surface area contributed by atoms with Gasteiger partial charge in [0.1, 0.15) is 0 Å². The molecule has 0 fully saturated rings. The van der Waals surface area contributed by atoms with Gasteiger partial charge in [0.2, 0.25) is 0 Å². The highest BCUT2D eigenvalue weighted by Gasteiger charge is 1.85. The predicted molar refractivity (Wildman–Crippen MR) is 55.1 cm³/mol. The molecule has 0 unspecified atom stereocenters. The molecule has 0 bridgehead atoms. The summed E-state index contributed by atoms with van der Waals surface area (Å²) in [6.45, 7) is 2.07. The van der Waals surface area contributed by atoms with E-state index in [0.717, 1.165) is 6.42 Å². The van der Waals surface area contributed by atoms with E-state index in [1.165, 1.54) is 11.1 Å². The molecule has 0 aliphatic rings. The van der Waals surface area contributed by atoms with Gasteiger partial charge in [-0.3, -0.25) is 0 Å². The predicted octanol–water partition coefficient (Wildman–Crippen LogP) is 3.31. The van der Waals surface area contributed by atoms with Crippen molar-refractivity contribution in [1.82, 2.24) is 0 Å². The van der Waals surface area contributed by atoms with Crippen LogP contribution in [0.4, 0.5) is 0 Å². The van der Waals surface area contributed by atoms with Gasteiger partial charge in [0.25, 0.3) is 0 Å². The van der Waals surface area contributed by atoms with E-state index in [-0.39, 0.29) is 0 Å². The topological polar surface area (TPSA) is 23.8 Å². The molecule has 0 aliphatic heterocycles. The second kappa shape index (κ2) is 5.16. The minimum atomic E-state index is 0.600. The zero-order valence-electron chi connectivity index (χ0n) is 7.83. The van der Waals surface area contributed by atoms with Crippen molar-refractivity contribution in [2.45, 2.75) is 19.8 Å². The third kappa shape index (κ3) is 3.57. The first-order chi connectivity index (χ1) is 6.33. The Morgan fingerprint density at radius 2 is 2.00 bits per heavy atom. The Bertz CT molecular complexity index is 314. The van der Waals surface area contributed by atoms with Crippen LogP contribution in [0.2, 0.25) is 0 Å². The van der Waals surface area contributed by atoms with Crippen molar-refractivity contribution in [3.8, 4) is 6.07 Å². The van der Waals surface area contributed by atoms with E-state index in [0.29, 0.717) is 6.42 Å². The van der Waals surface area contributed by atoms with Gasteiger partial charge in [0.15, 0.2) is 0 Å². The number of allylic oxidation sites excluding steroid dienone is 1. The zero-order chi connectivity index (χ0) is 9.52. The third-order valence-corrected chi connectivity index (χ3v) is 1.81. The quantitative estimate of drug-likeness (QED) is 0.640. The maximum Gasteiger partial charge on any atom is 0.0625 e. The summed E-state index contributed by atoms with van der Waals surface area (Å²) in [5, 5.41) is 8.32. The first-order valence-electron chi connectivity index (χ1n) is 4.43. The van der Waals surface area contributed by atoms with Crippen LogP contribution in [0.1, 0.15) is 24.0 Å². The largest absolute Gasteiger partial charge is 0.198 e. The van der Waals surface area contributed by atoms with E-state index in [9.17, 15) is 0 Å². The Morgan fingerprint density at radius 3 is 2.62 bits per heavy atom. The summed E-state index contributed by atoms with van der Waals surface area (Å²) in [7, 11) is 0. The van der Waals surface area contributed by atoms with Crippen molar-refractivity contribution >= 4 is 6.08 Å². The van der Waals surface area contributed by atoms with Gasteiger partial charge in [0.05, 0.1) is 6.07 Å². The first-order valence-corrected chi connectivity index (χ1v) is 4.43. The highest BCUT2D eigenvalue weighted by atomic mass is 14.2. The lowest BCUT2D eigenvalue weighted by molar-refractivity contribution is 1.07. The summed E-state index contributed by atoms with van der Waals surface area (Å²) in [5.74, 6) is 0. The van der Waals surface area contributed by atoms with Gasteiger partial charge in [-0.05, 0) is 18.9 Å². The van der Waals surface area contributed by atoms with Crippen LogP contribution in [-0.4, -0.2) is 0 Å². The van der Waals surface area contributed by atoms with E-state index < -0.39 is 0 Å². The number of nitriles is 1. The Morgan fingerprint density at radius 1 is 1.31 bits per heavy atom. The molecule has 1 heteroatoms. The van der Waals surface area contributed by atoms with Crippen molar-refractivity contribution in [1.29, 1.82) is 5.26 Å². The fourth-order valence-electron chi connectivity index (χ4n) is 1.04. The molecule has 0 radical (unpaired) electrons. The standard InChI is InChI=1S/C12H13N/c1-11-6-8-12(9-7-11)5-3-2-4-10-13/h3,5-9H,2,4H2,1H3. The molecular formula is C12H13N. The van der Waals surface area contributed by atoms with Crippen molar-refractivity contribution < 1.29 is 0 Å². The summed E-state index contributed by atoms with van der Waals surface area (Å²) in [5.41, 5.74) is 2.47. The number of unbranched alkanes of at least 4 members (excludes halogenated alkanes) is 1. The number of nitrogens with zero attached hydrogens (tertiary/aromatic N) is 1. The van der Waals surface area contributed by atoms with Crippen LogP contribution < -0.4 is 0 Å². The van der Waals surface area contributed by atoms with E-state index >= 15 is 0 Å². The Hall–Kier alpha value is -1.55. The molecule has 1 nitrogen and oxygen atoms in total. The van der Waals surface area contributed by atoms with Crippen molar-refractivity contribution in [3.05, 3.63) is 41.5 Å². The second-order valence-electron chi connectivity index (χ2n) is 3.01. The van der Waals surface area contributed by atoms with Gasteiger partial charge in [-0.1, -0.05) is 42.0 Å². The molecule has 0 atom stereocenters. The van der Waals surface area contributed by atoms with Crippen molar-refractivity contribution in [2.75, 3.05) is 0 Å². The summed E-state index contributed by atoms with van der Waals surface area (Å²) >= 11 is 0. The second-order valence-corrected chi connectivity index (χ2v) is 3.01. The van der Waals surface area contributed by atoms with Gasteiger partial charge in [-0.2, -0.15) is 5.26 Å². The molecule has 0 amide bonds. The maximum atomic E-state index is 8.32. The van der Waals surface area contributed by atoms with Crippen molar-refractivity contribution in [3.63, 3.8) is 0 Å². The molecule has 0 spiro atoms. The highest BCUT2D eigenvalue weighted by molar-refractivity contribution is 5.49. The number of hydrogen-bond acceptors (Lipinski definition) is 1. The molecule has 0 heterocycles. The summed E-state index contributed by atoms with van der Waals surface area (Å²) in [6.07, 6.45) is 5.53. The zero-order valence-corrected chi connectivity index (χ0v) is 7.83. The molecular weight excluding hydrogens is 158 g/mol. The fourth-order valence-corrected chi connectivity index (χ4v) is 1.04. The van der Waals surface area contributed by atoms with Crippen LogP contribution in [0.15, 0.2) is 30.3 Å². The maximum absolute atomic E-state index is 8.32. The smallest absolute Gasteiger partial charge is 0.0625 e. The van der Waals surface area contributed by atoms with Crippen LogP contribution in [0, 0.1) is 18.3 Å². The van der Waals surface area contributed by atoms with E-state index in [4.69, 9.17) is 5.26 Å². The molecule has 0 aliphatic carbocycles. The molecule has 0 saturated heterocycles. The molecule has 1 aromatic rings. The summed E-state index contributed by atoms with van der Waals surface area (Å²) < 4.78 is 0. The Labute approximate surface area is 79.3 Å². The molecule has 0 saturated carbocycles. The fraction of sp³-hybridized carbons (Fsp3) is 0.250. The molecule has 0 aromatic heterocycles. The van der Waals surface area contributed by atoms with Crippen molar-refractivity contribution in [2.24, 2.45) is 0 Å². The number of hydrogen-bond donors (Lipinski definition) is 0. The molecule has 1 rings (SSSR count). The van der Waals surface area contributed by atoms with Crippen LogP contribution in [0.3, 0.4) is 0 Å². The highest BCUT2D eigenvalue weighted by Crippen LogP contribution is 2.05. The third-order valence-electron chi connectivity index (χ3n) is 1.81. The average Bonchev–Trinajstić information content (AvgIpc) is 2.15.